The van der Waals surface area contributed by atoms with Gasteiger partial charge in [0.2, 0.25) is 0 Å². The molecule has 1 amide bonds. The van der Waals surface area contributed by atoms with E-state index in [4.69, 9.17) is 10.5 Å². The number of rotatable bonds is 6. The van der Waals surface area contributed by atoms with Crippen molar-refractivity contribution in [3.05, 3.63) is 83.5 Å². The monoisotopic (exact) mass is 345 g/mol. The Morgan fingerprint density at radius 2 is 1.84 bits per heavy atom. The maximum atomic E-state index is 13.3. The minimum atomic E-state index is -0.832. The van der Waals surface area contributed by atoms with E-state index in [1.165, 1.54) is 13.3 Å². The van der Waals surface area contributed by atoms with Gasteiger partial charge in [0.15, 0.2) is 0 Å². The Bertz CT molecular complexity index is 785. The molecule has 0 aliphatic carbocycles. The van der Waals surface area contributed by atoms with Crippen LogP contribution in [0.15, 0.2) is 60.7 Å². The number of carbonyl (C=O) groups excluding carboxylic acids is 1. The first-order valence-electron chi connectivity index (χ1n) is 7.32. The SMILES string of the molecule is COC/C(=C\C(=C/N)c1ccncc1)NC(=O)c1cc(F)cc(F)c1. The molecular formula is C18H17F2N3O2. The van der Waals surface area contributed by atoms with E-state index in [0.717, 1.165) is 17.7 Å². The molecule has 0 unspecified atom stereocenters. The molecule has 1 aromatic carbocycles. The number of nitrogens with one attached hydrogen (secondary N) is 1. The van der Waals surface area contributed by atoms with Crippen molar-refractivity contribution in [1.29, 1.82) is 0 Å². The van der Waals surface area contributed by atoms with Gasteiger partial charge < -0.3 is 15.8 Å². The fraction of sp³-hybridized carbons (Fsp3) is 0.111. The highest BCUT2D eigenvalue weighted by Crippen LogP contribution is 2.16. The van der Waals surface area contributed by atoms with Crippen LogP contribution in [0.5, 0.6) is 0 Å². The van der Waals surface area contributed by atoms with Crippen molar-refractivity contribution in [2.45, 2.75) is 0 Å². The summed E-state index contributed by atoms with van der Waals surface area (Å²) in [5.41, 5.74) is 7.31. The highest BCUT2D eigenvalue weighted by molar-refractivity contribution is 5.95. The quantitative estimate of drug-likeness (QED) is 0.789. The van der Waals surface area contributed by atoms with E-state index < -0.39 is 17.5 Å². The first-order valence-corrected chi connectivity index (χ1v) is 7.32. The average molecular weight is 345 g/mol. The summed E-state index contributed by atoms with van der Waals surface area (Å²) in [6.07, 6.45) is 6.21. The third-order valence-electron chi connectivity index (χ3n) is 3.22. The summed E-state index contributed by atoms with van der Waals surface area (Å²) >= 11 is 0. The van der Waals surface area contributed by atoms with Gasteiger partial charge >= 0.3 is 0 Å². The van der Waals surface area contributed by atoms with Crippen LogP contribution in [0.2, 0.25) is 0 Å². The highest BCUT2D eigenvalue weighted by Gasteiger charge is 2.12. The van der Waals surface area contributed by atoms with E-state index in [2.05, 4.69) is 10.3 Å². The number of benzene rings is 1. The van der Waals surface area contributed by atoms with Crippen LogP contribution in [-0.2, 0) is 4.74 Å². The maximum absolute atomic E-state index is 13.3. The lowest BCUT2D eigenvalue weighted by atomic mass is 10.1. The third kappa shape index (κ3) is 5.22. The normalized spacial score (nSPS) is 12.1. The second-order valence-corrected chi connectivity index (χ2v) is 5.07. The number of hydrogen-bond donors (Lipinski definition) is 2. The van der Waals surface area contributed by atoms with Crippen molar-refractivity contribution in [1.82, 2.24) is 10.3 Å². The Labute approximate surface area is 143 Å². The number of halogens is 2. The molecule has 0 saturated heterocycles. The van der Waals surface area contributed by atoms with E-state index >= 15 is 0 Å². The molecule has 7 heteroatoms. The Kier molecular flexibility index (Phi) is 6.36. The zero-order chi connectivity index (χ0) is 18.2. The molecule has 0 atom stereocenters. The molecule has 0 spiro atoms. The number of hydrogen-bond acceptors (Lipinski definition) is 4. The first-order chi connectivity index (χ1) is 12.0. The molecule has 5 nitrogen and oxygen atoms in total. The molecule has 2 rings (SSSR count). The molecule has 0 saturated carbocycles. The van der Waals surface area contributed by atoms with Crippen LogP contribution in [-0.4, -0.2) is 24.6 Å². The van der Waals surface area contributed by atoms with Gasteiger partial charge in [-0.3, -0.25) is 9.78 Å². The number of nitrogens with two attached hydrogens (primary N) is 1. The van der Waals surface area contributed by atoms with Crippen LogP contribution in [0.4, 0.5) is 8.78 Å². The number of ether oxygens (including phenoxy) is 1. The van der Waals surface area contributed by atoms with Crippen LogP contribution in [0.1, 0.15) is 15.9 Å². The number of nitrogens with zero attached hydrogens (tertiary/aromatic N) is 1. The van der Waals surface area contributed by atoms with Crippen LogP contribution in [0.25, 0.3) is 5.57 Å². The number of allylic oxidation sites excluding steroid dienone is 2. The van der Waals surface area contributed by atoms with Crippen LogP contribution >= 0.6 is 0 Å². The predicted molar refractivity (Wildman–Crippen MR) is 90.2 cm³/mol. The van der Waals surface area contributed by atoms with Crippen molar-refractivity contribution in [3.63, 3.8) is 0 Å². The van der Waals surface area contributed by atoms with Gasteiger partial charge in [-0.05, 0) is 41.5 Å². The number of pyridine rings is 1. The molecule has 1 aromatic heterocycles. The molecule has 1 heterocycles. The molecular weight excluding hydrogens is 328 g/mol. The summed E-state index contributed by atoms with van der Waals surface area (Å²) in [4.78, 5) is 16.2. The van der Waals surface area contributed by atoms with Crippen LogP contribution in [0, 0.1) is 11.6 Å². The molecule has 0 aliphatic rings. The van der Waals surface area contributed by atoms with Gasteiger partial charge in [0.25, 0.3) is 5.91 Å². The van der Waals surface area contributed by atoms with Gasteiger partial charge in [-0.15, -0.1) is 0 Å². The third-order valence-corrected chi connectivity index (χ3v) is 3.22. The van der Waals surface area contributed by atoms with Gasteiger partial charge in [0.1, 0.15) is 11.6 Å². The topological polar surface area (TPSA) is 77.2 Å². The molecule has 0 bridgehead atoms. The summed E-state index contributed by atoms with van der Waals surface area (Å²) < 4.78 is 31.6. The van der Waals surface area contributed by atoms with Crippen molar-refractivity contribution >= 4 is 11.5 Å². The van der Waals surface area contributed by atoms with Crippen molar-refractivity contribution in [3.8, 4) is 0 Å². The lowest BCUT2D eigenvalue weighted by Crippen LogP contribution is -2.25. The van der Waals surface area contributed by atoms with Crippen molar-refractivity contribution < 1.29 is 18.3 Å². The van der Waals surface area contributed by atoms with Gasteiger partial charge in [-0.2, -0.15) is 0 Å². The van der Waals surface area contributed by atoms with E-state index in [-0.39, 0.29) is 12.2 Å². The maximum Gasteiger partial charge on any atom is 0.255 e. The lowest BCUT2D eigenvalue weighted by molar-refractivity contribution is 0.0955. The Morgan fingerprint density at radius 3 is 2.40 bits per heavy atom. The van der Waals surface area contributed by atoms with Gasteiger partial charge in [-0.1, -0.05) is 0 Å². The fourth-order valence-electron chi connectivity index (χ4n) is 2.13. The van der Waals surface area contributed by atoms with Gasteiger partial charge in [0, 0.05) is 43.0 Å². The highest BCUT2D eigenvalue weighted by atomic mass is 19.1. The summed E-state index contributed by atoms with van der Waals surface area (Å²) in [7, 11) is 1.46. The van der Waals surface area contributed by atoms with E-state index in [9.17, 15) is 13.6 Å². The molecule has 0 aliphatic heterocycles. The van der Waals surface area contributed by atoms with Gasteiger partial charge in [0.05, 0.1) is 6.61 Å². The Hall–Kier alpha value is -3.06. The zero-order valence-corrected chi connectivity index (χ0v) is 13.5. The number of carbonyl (C=O) groups is 1. The Morgan fingerprint density at radius 1 is 1.20 bits per heavy atom. The fourth-order valence-corrected chi connectivity index (χ4v) is 2.13. The van der Waals surface area contributed by atoms with E-state index in [1.54, 1.807) is 30.6 Å². The summed E-state index contributed by atoms with van der Waals surface area (Å²) in [6.45, 7) is 0.0754. The van der Waals surface area contributed by atoms with Crippen LogP contribution < -0.4 is 11.1 Å². The number of aromatic nitrogens is 1. The van der Waals surface area contributed by atoms with Crippen LogP contribution in [0.3, 0.4) is 0 Å². The lowest BCUT2D eigenvalue weighted by Gasteiger charge is -2.11. The average Bonchev–Trinajstić information content (AvgIpc) is 2.59. The largest absolute Gasteiger partial charge is 0.404 e. The van der Waals surface area contributed by atoms with E-state index in [1.807, 2.05) is 0 Å². The molecule has 0 fully saturated rings. The standard InChI is InChI=1S/C18H17F2N3O2/c1-25-11-17(8-14(10-21)12-2-4-22-5-3-12)23-18(24)13-6-15(19)9-16(20)7-13/h2-10H,11,21H2,1H3,(H,23,24)/b14-10+,17-8+. The second kappa shape index (κ2) is 8.70. The summed E-state index contributed by atoms with van der Waals surface area (Å²) in [5.74, 6) is -2.32. The molecule has 25 heavy (non-hydrogen) atoms. The minimum absolute atomic E-state index is 0.0754. The molecule has 3 N–H and O–H groups in total. The number of amides is 1. The molecule has 2 aromatic rings. The number of methoxy groups -OCH3 is 1. The second-order valence-electron chi connectivity index (χ2n) is 5.07. The van der Waals surface area contributed by atoms with Crippen molar-refractivity contribution in [2.24, 2.45) is 5.73 Å². The summed E-state index contributed by atoms with van der Waals surface area (Å²) in [5, 5.41) is 2.58. The molecule has 130 valence electrons. The zero-order valence-electron chi connectivity index (χ0n) is 13.5. The minimum Gasteiger partial charge on any atom is -0.404 e. The summed E-state index contributed by atoms with van der Waals surface area (Å²) in [6, 6.07) is 6.10. The van der Waals surface area contributed by atoms with E-state index in [0.29, 0.717) is 17.3 Å². The molecule has 0 radical (unpaired) electrons. The van der Waals surface area contributed by atoms with Gasteiger partial charge in [-0.25, -0.2) is 8.78 Å². The smallest absolute Gasteiger partial charge is 0.255 e. The Balaban J connectivity index is 2.26. The van der Waals surface area contributed by atoms with Crippen molar-refractivity contribution in [2.75, 3.05) is 13.7 Å². The predicted octanol–water partition coefficient (Wildman–Crippen LogP) is 2.62. The first kappa shape index (κ1) is 18.3.